The van der Waals surface area contributed by atoms with E-state index < -0.39 is 0 Å². The highest BCUT2D eigenvalue weighted by Gasteiger charge is 2.43. The molecule has 1 saturated carbocycles. The molecule has 0 unspecified atom stereocenters. The Balaban J connectivity index is 0.000000431. The zero-order chi connectivity index (χ0) is 30.5. The van der Waals surface area contributed by atoms with Gasteiger partial charge in [-0.05, 0) is 82.3 Å². The topological polar surface area (TPSA) is 118 Å². The standard InChI is InChI=1S/C20H24N4O.C8H15N.C2H6.C2H2.CH3NO/c1-2-17(25)9-5-3-4-6-10-19-22-14-18(24-19)16-12-15-8-7-11-21-20(15)23-13-16;1-9-6-4-8(2-3-8)5-7-9;2*1-2;2-1-3/h7-8,11-14H,2-6,9-10H2,1H3,(H,22,24);2-7H2,1H3;1-2H3;1-2H;1H,(H2,2,3). The minimum absolute atomic E-state index is 0.250. The molecule has 0 atom stereocenters. The molecule has 3 N–H and O–H groups in total. The van der Waals surface area contributed by atoms with Gasteiger partial charge in [-0.3, -0.25) is 9.59 Å². The lowest BCUT2D eigenvalue weighted by molar-refractivity contribution is -0.118. The molecular weight excluding hydrogens is 512 g/mol. The van der Waals surface area contributed by atoms with Crippen molar-refractivity contribution in [2.45, 2.75) is 91.4 Å². The number of ketones is 1. The number of nitrogens with two attached hydrogens (primary N) is 1. The number of aromatic amines is 1. The zero-order valence-corrected chi connectivity index (χ0v) is 25.6. The summed E-state index contributed by atoms with van der Waals surface area (Å²) >= 11 is 0. The molecule has 0 radical (unpaired) electrons. The molecular formula is C33H50N6O2. The van der Waals surface area contributed by atoms with Crippen molar-refractivity contribution in [3.63, 3.8) is 0 Å². The van der Waals surface area contributed by atoms with E-state index in [1.54, 1.807) is 6.20 Å². The number of aryl methyl sites for hydroxylation is 1. The van der Waals surface area contributed by atoms with Crippen molar-refractivity contribution >= 4 is 23.2 Å². The van der Waals surface area contributed by atoms with Crippen molar-refractivity contribution < 1.29 is 9.59 Å². The number of carbonyl (C=O) groups excluding carboxylic acids is 2. The van der Waals surface area contributed by atoms with Crippen LogP contribution in [0.3, 0.4) is 0 Å². The van der Waals surface area contributed by atoms with Gasteiger partial charge in [0.1, 0.15) is 11.6 Å². The van der Waals surface area contributed by atoms with Gasteiger partial charge in [0.05, 0.1) is 11.9 Å². The van der Waals surface area contributed by atoms with Crippen LogP contribution in [0.5, 0.6) is 0 Å². The van der Waals surface area contributed by atoms with Crippen LogP contribution in [0.1, 0.15) is 90.8 Å². The number of terminal acetylenes is 1. The van der Waals surface area contributed by atoms with Crippen molar-refractivity contribution in [1.29, 1.82) is 0 Å². The van der Waals surface area contributed by atoms with Crippen LogP contribution in [0.4, 0.5) is 0 Å². The molecule has 4 heterocycles. The normalized spacial score (nSPS) is 14.5. The molecule has 3 aromatic heterocycles. The van der Waals surface area contributed by atoms with Gasteiger partial charge in [0.15, 0.2) is 5.65 Å². The van der Waals surface area contributed by atoms with Gasteiger partial charge >= 0.3 is 0 Å². The second-order valence-corrected chi connectivity index (χ2v) is 10.3. The Morgan fingerprint density at radius 1 is 1.05 bits per heavy atom. The summed E-state index contributed by atoms with van der Waals surface area (Å²) < 4.78 is 0. The third-order valence-electron chi connectivity index (χ3n) is 7.41. The molecule has 41 heavy (non-hydrogen) atoms. The molecule has 1 aliphatic carbocycles. The number of nitrogens with one attached hydrogen (secondary N) is 1. The second-order valence-electron chi connectivity index (χ2n) is 10.3. The quantitative estimate of drug-likeness (QED) is 0.178. The fraction of sp³-hybridized carbons (Fsp3) is 0.545. The molecule has 224 valence electrons. The van der Waals surface area contributed by atoms with Crippen LogP contribution in [-0.2, 0) is 16.0 Å². The third kappa shape index (κ3) is 13.1. The average Bonchev–Trinajstić information content (AvgIpc) is 3.62. The molecule has 8 heteroatoms. The summed E-state index contributed by atoms with van der Waals surface area (Å²) in [4.78, 5) is 38.8. The van der Waals surface area contributed by atoms with Gasteiger partial charge < -0.3 is 15.6 Å². The Morgan fingerprint density at radius 3 is 2.34 bits per heavy atom. The molecule has 5 rings (SSSR count). The van der Waals surface area contributed by atoms with E-state index in [1.165, 1.54) is 38.8 Å². The van der Waals surface area contributed by atoms with Crippen LogP contribution in [0.2, 0.25) is 0 Å². The molecule has 0 bridgehead atoms. The van der Waals surface area contributed by atoms with E-state index in [2.05, 4.69) is 56.5 Å². The monoisotopic (exact) mass is 562 g/mol. The van der Waals surface area contributed by atoms with Crippen molar-refractivity contribution in [2.75, 3.05) is 20.1 Å². The number of pyridine rings is 2. The highest BCUT2D eigenvalue weighted by Crippen LogP contribution is 2.53. The Kier molecular flexibility index (Phi) is 17.6. The summed E-state index contributed by atoms with van der Waals surface area (Å²) in [6, 6.07) is 6.01. The van der Waals surface area contributed by atoms with E-state index in [9.17, 15) is 4.79 Å². The highest BCUT2D eigenvalue weighted by molar-refractivity contribution is 5.79. The number of Topliss-reactive ketones (excluding diaryl/α,β-unsaturated/α-hetero) is 1. The smallest absolute Gasteiger partial charge is 0.204 e. The predicted molar refractivity (Wildman–Crippen MR) is 169 cm³/mol. The fourth-order valence-electron chi connectivity index (χ4n) is 4.66. The highest BCUT2D eigenvalue weighted by atomic mass is 16.1. The molecule has 8 nitrogen and oxygen atoms in total. The fourth-order valence-corrected chi connectivity index (χ4v) is 4.66. The number of H-pyrrole nitrogens is 1. The Hall–Kier alpha value is -3.57. The number of rotatable bonds is 9. The molecule has 1 aliphatic heterocycles. The van der Waals surface area contributed by atoms with Crippen LogP contribution in [0.15, 0.2) is 36.8 Å². The number of carbonyl (C=O) groups is 2. The van der Waals surface area contributed by atoms with E-state index in [4.69, 9.17) is 4.79 Å². The number of hydrogen-bond donors (Lipinski definition) is 2. The largest absolute Gasteiger partial charge is 0.372 e. The predicted octanol–water partition coefficient (Wildman–Crippen LogP) is 6.36. The van der Waals surface area contributed by atoms with E-state index in [-0.39, 0.29) is 6.41 Å². The molecule has 1 spiro atoms. The summed E-state index contributed by atoms with van der Waals surface area (Å²) in [5, 5.41) is 1.03. The first-order chi connectivity index (χ1) is 20.0. The number of hydrogen-bond acceptors (Lipinski definition) is 6. The van der Waals surface area contributed by atoms with Crippen molar-refractivity contribution in [3.05, 3.63) is 42.6 Å². The first kappa shape index (κ1) is 35.5. The van der Waals surface area contributed by atoms with Gasteiger partial charge in [-0.15, -0.1) is 12.8 Å². The number of amides is 1. The van der Waals surface area contributed by atoms with Gasteiger partial charge in [0, 0.05) is 42.6 Å². The SMILES string of the molecule is C#C.CC.CCC(=O)CCCCCCc1ncc(-c2cnc3ncccc3c2)[nH]1.CN1CCC2(CC1)CC2.NC=O. The summed E-state index contributed by atoms with van der Waals surface area (Å²) in [6.07, 6.45) is 26.4. The minimum Gasteiger partial charge on any atom is -0.372 e. The number of fused-ring (bicyclic) bond motifs is 1. The zero-order valence-electron chi connectivity index (χ0n) is 25.6. The first-order valence-electron chi connectivity index (χ1n) is 14.9. The third-order valence-corrected chi connectivity index (χ3v) is 7.41. The number of primary amides is 1. The summed E-state index contributed by atoms with van der Waals surface area (Å²) in [6.45, 7) is 8.62. The molecule has 0 aromatic carbocycles. The van der Waals surface area contributed by atoms with Gasteiger partial charge in [0.25, 0.3) is 0 Å². The van der Waals surface area contributed by atoms with Gasteiger partial charge in [-0.1, -0.05) is 33.6 Å². The van der Waals surface area contributed by atoms with Crippen LogP contribution >= 0.6 is 0 Å². The van der Waals surface area contributed by atoms with E-state index in [0.29, 0.717) is 12.2 Å². The number of likely N-dealkylation sites (tertiary alicyclic amines) is 1. The molecule has 2 aliphatic rings. The van der Waals surface area contributed by atoms with E-state index >= 15 is 0 Å². The molecule has 1 amide bonds. The minimum atomic E-state index is 0.250. The maximum atomic E-state index is 11.3. The lowest BCUT2D eigenvalue weighted by Gasteiger charge is -2.28. The number of unbranched alkanes of at least 4 members (excludes halogenated alkanes) is 3. The van der Waals surface area contributed by atoms with Crippen molar-refractivity contribution in [1.82, 2.24) is 24.8 Å². The van der Waals surface area contributed by atoms with E-state index in [1.807, 2.05) is 45.3 Å². The summed E-state index contributed by atoms with van der Waals surface area (Å²) in [5.41, 5.74) is 7.80. The van der Waals surface area contributed by atoms with Crippen LogP contribution in [0.25, 0.3) is 22.3 Å². The Labute approximate surface area is 247 Å². The molecule has 2 fully saturated rings. The summed E-state index contributed by atoms with van der Waals surface area (Å²) in [7, 11) is 2.23. The average molecular weight is 563 g/mol. The second kappa shape index (κ2) is 20.3. The van der Waals surface area contributed by atoms with Gasteiger partial charge in [0.2, 0.25) is 6.41 Å². The number of imidazole rings is 1. The number of aromatic nitrogens is 4. The molecule has 1 saturated heterocycles. The van der Waals surface area contributed by atoms with Crippen LogP contribution in [-0.4, -0.2) is 57.2 Å². The summed E-state index contributed by atoms with van der Waals surface area (Å²) in [5.74, 6) is 1.38. The van der Waals surface area contributed by atoms with Crippen molar-refractivity contribution in [2.24, 2.45) is 11.1 Å². The number of nitrogens with zero attached hydrogens (tertiary/aromatic N) is 4. The van der Waals surface area contributed by atoms with E-state index in [0.717, 1.165) is 72.1 Å². The Morgan fingerprint density at radius 2 is 1.71 bits per heavy atom. The Bertz CT molecular complexity index is 1160. The van der Waals surface area contributed by atoms with Gasteiger partial charge in [-0.2, -0.15) is 0 Å². The lowest BCUT2D eigenvalue weighted by Crippen LogP contribution is -2.30. The maximum Gasteiger partial charge on any atom is 0.204 e. The van der Waals surface area contributed by atoms with Gasteiger partial charge in [-0.25, -0.2) is 15.0 Å². The van der Waals surface area contributed by atoms with Crippen LogP contribution in [0, 0.1) is 18.3 Å². The maximum absolute atomic E-state index is 11.3. The first-order valence-corrected chi connectivity index (χ1v) is 14.9. The van der Waals surface area contributed by atoms with Crippen LogP contribution < -0.4 is 5.73 Å². The van der Waals surface area contributed by atoms with Crippen molar-refractivity contribution in [3.8, 4) is 24.1 Å². The molecule has 3 aromatic rings. The number of piperidine rings is 1. The lowest BCUT2D eigenvalue weighted by atomic mass is 9.94.